The second-order valence-electron chi connectivity index (χ2n) is 4.37. The summed E-state index contributed by atoms with van der Waals surface area (Å²) in [5, 5.41) is 14.5. The van der Waals surface area contributed by atoms with E-state index in [1.807, 2.05) is 37.3 Å². The maximum Gasteiger partial charge on any atom is 0.305 e. The third kappa shape index (κ3) is 6.45. The number of para-hydroxylation sites is 1. The Hall–Kier alpha value is -2.04. The fraction of sp³-hybridized carbons (Fsp3) is 0.429. The summed E-state index contributed by atoms with van der Waals surface area (Å²) in [6, 6.07) is 9.10. The lowest BCUT2D eigenvalue weighted by Gasteiger charge is -2.16. The number of carbonyl (C=O) groups excluding carboxylic acids is 1. The minimum Gasteiger partial charge on any atom is -0.481 e. The number of nitrogens with one attached hydrogen (secondary N) is 2. The van der Waals surface area contributed by atoms with E-state index in [0.29, 0.717) is 6.42 Å². The van der Waals surface area contributed by atoms with Crippen LogP contribution in [0.25, 0.3) is 0 Å². The summed E-state index contributed by atoms with van der Waals surface area (Å²) in [7, 11) is 0. The normalized spacial score (nSPS) is 11.6. The maximum atomic E-state index is 11.7. The summed E-state index contributed by atoms with van der Waals surface area (Å²) in [4.78, 5) is 22.4. The van der Waals surface area contributed by atoms with Crippen LogP contribution in [0.15, 0.2) is 30.3 Å². The molecule has 1 amide bonds. The highest BCUT2D eigenvalue weighted by atomic mass is 16.4. The number of hydrogen-bond acceptors (Lipinski definition) is 3. The monoisotopic (exact) mass is 264 g/mol. The van der Waals surface area contributed by atoms with Crippen LogP contribution in [-0.4, -0.2) is 29.6 Å². The molecule has 19 heavy (non-hydrogen) atoms. The Balaban J connectivity index is 2.37. The molecule has 104 valence electrons. The zero-order valence-electron chi connectivity index (χ0n) is 11.1. The number of anilines is 1. The van der Waals surface area contributed by atoms with Crippen molar-refractivity contribution in [2.24, 2.45) is 0 Å². The Kier molecular flexibility index (Phi) is 6.43. The average Bonchev–Trinajstić information content (AvgIpc) is 2.37. The molecular formula is C14H20N2O3. The molecule has 0 saturated heterocycles. The van der Waals surface area contributed by atoms with Crippen molar-refractivity contribution in [1.82, 2.24) is 5.32 Å². The Labute approximate surface area is 113 Å². The Morgan fingerprint density at radius 3 is 2.53 bits per heavy atom. The largest absolute Gasteiger partial charge is 0.481 e. The van der Waals surface area contributed by atoms with Gasteiger partial charge in [-0.25, -0.2) is 0 Å². The van der Waals surface area contributed by atoms with Gasteiger partial charge in [0.25, 0.3) is 0 Å². The van der Waals surface area contributed by atoms with Crippen LogP contribution < -0.4 is 10.6 Å². The van der Waals surface area contributed by atoms with Gasteiger partial charge in [0.2, 0.25) is 5.91 Å². The number of aliphatic carboxylic acids is 1. The van der Waals surface area contributed by atoms with Gasteiger partial charge in [-0.15, -0.1) is 0 Å². The van der Waals surface area contributed by atoms with Crippen molar-refractivity contribution < 1.29 is 14.7 Å². The molecule has 3 N–H and O–H groups in total. The first-order valence-electron chi connectivity index (χ1n) is 6.42. The van der Waals surface area contributed by atoms with E-state index >= 15 is 0 Å². The van der Waals surface area contributed by atoms with Crippen molar-refractivity contribution in [2.75, 3.05) is 11.9 Å². The second kappa shape index (κ2) is 8.13. The molecule has 0 heterocycles. The molecule has 5 heteroatoms. The van der Waals surface area contributed by atoms with Gasteiger partial charge in [-0.1, -0.05) is 31.5 Å². The summed E-state index contributed by atoms with van der Waals surface area (Å²) < 4.78 is 0. The lowest BCUT2D eigenvalue weighted by molar-refractivity contribution is -0.137. The molecule has 0 aromatic heterocycles. The van der Waals surface area contributed by atoms with E-state index in [4.69, 9.17) is 5.11 Å². The predicted molar refractivity (Wildman–Crippen MR) is 74.0 cm³/mol. The lowest BCUT2D eigenvalue weighted by Crippen LogP contribution is -2.39. The molecule has 1 unspecified atom stereocenters. The number of carboxylic acids is 1. The second-order valence-corrected chi connectivity index (χ2v) is 4.37. The van der Waals surface area contributed by atoms with Crippen LogP contribution >= 0.6 is 0 Å². The number of carbonyl (C=O) groups is 2. The standard InChI is InChI=1S/C14H20N2O3/c1-2-6-12(9-14(18)19)16-13(17)10-15-11-7-4-3-5-8-11/h3-5,7-8,12,15H,2,6,9-10H2,1H3,(H,16,17)(H,18,19). The molecule has 0 aliphatic heterocycles. The predicted octanol–water partition coefficient (Wildman–Crippen LogP) is 1.86. The summed E-state index contributed by atoms with van der Waals surface area (Å²) in [5.74, 6) is -1.08. The van der Waals surface area contributed by atoms with E-state index in [-0.39, 0.29) is 24.9 Å². The molecule has 0 aliphatic rings. The molecule has 1 aromatic rings. The molecule has 0 fully saturated rings. The topological polar surface area (TPSA) is 78.4 Å². The van der Waals surface area contributed by atoms with Crippen molar-refractivity contribution in [1.29, 1.82) is 0 Å². The Bertz CT molecular complexity index is 406. The van der Waals surface area contributed by atoms with E-state index in [2.05, 4.69) is 10.6 Å². The minimum atomic E-state index is -0.894. The van der Waals surface area contributed by atoms with Crippen LogP contribution in [0.5, 0.6) is 0 Å². The van der Waals surface area contributed by atoms with E-state index in [1.54, 1.807) is 0 Å². The maximum absolute atomic E-state index is 11.7. The van der Waals surface area contributed by atoms with Gasteiger partial charge in [-0.3, -0.25) is 9.59 Å². The summed E-state index contributed by atoms with van der Waals surface area (Å²) in [5.41, 5.74) is 0.864. The fourth-order valence-corrected chi connectivity index (χ4v) is 1.80. The van der Waals surface area contributed by atoms with Gasteiger partial charge in [0, 0.05) is 11.7 Å². The van der Waals surface area contributed by atoms with Gasteiger partial charge in [0.1, 0.15) is 0 Å². The van der Waals surface area contributed by atoms with Crippen LogP contribution in [0.3, 0.4) is 0 Å². The fourth-order valence-electron chi connectivity index (χ4n) is 1.80. The molecule has 1 aromatic carbocycles. The zero-order valence-corrected chi connectivity index (χ0v) is 11.1. The van der Waals surface area contributed by atoms with Gasteiger partial charge < -0.3 is 15.7 Å². The zero-order chi connectivity index (χ0) is 14.1. The van der Waals surface area contributed by atoms with E-state index < -0.39 is 5.97 Å². The molecule has 0 spiro atoms. The Morgan fingerprint density at radius 1 is 1.26 bits per heavy atom. The number of hydrogen-bond donors (Lipinski definition) is 3. The first-order chi connectivity index (χ1) is 9.11. The molecule has 0 aliphatic carbocycles. The summed E-state index contributed by atoms with van der Waals surface area (Å²) >= 11 is 0. The van der Waals surface area contributed by atoms with Crippen LogP contribution in [0.2, 0.25) is 0 Å². The van der Waals surface area contributed by atoms with Crippen LogP contribution in [0.4, 0.5) is 5.69 Å². The molecule has 1 atom stereocenters. The first-order valence-corrected chi connectivity index (χ1v) is 6.42. The van der Waals surface area contributed by atoms with Gasteiger partial charge in [-0.05, 0) is 18.6 Å². The van der Waals surface area contributed by atoms with Crippen LogP contribution in [0.1, 0.15) is 26.2 Å². The third-order valence-corrected chi connectivity index (χ3v) is 2.65. The molecule has 5 nitrogen and oxygen atoms in total. The van der Waals surface area contributed by atoms with E-state index in [9.17, 15) is 9.59 Å². The highest BCUT2D eigenvalue weighted by Crippen LogP contribution is 2.05. The average molecular weight is 264 g/mol. The number of benzene rings is 1. The molecule has 0 bridgehead atoms. The smallest absolute Gasteiger partial charge is 0.305 e. The van der Waals surface area contributed by atoms with E-state index in [0.717, 1.165) is 12.1 Å². The number of amides is 1. The van der Waals surface area contributed by atoms with Crippen molar-refractivity contribution in [3.63, 3.8) is 0 Å². The van der Waals surface area contributed by atoms with Crippen LogP contribution in [0, 0.1) is 0 Å². The molecule has 0 saturated carbocycles. The quantitative estimate of drug-likeness (QED) is 0.669. The van der Waals surface area contributed by atoms with Crippen molar-refractivity contribution in [3.8, 4) is 0 Å². The van der Waals surface area contributed by atoms with E-state index in [1.165, 1.54) is 0 Å². The van der Waals surface area contributed by atoms with Gasteiger partial charge in [-0.2, -0.15) is 0 Å². The molecular weight excluding hydrogens is 244 g/mol. The first kappa shape index (κ1) is 15.0. The highest BCUT2D eigenvalue weighted by molar-refractivity contribution is 5.81. The summed E-state index contributed by atoms with van der Waals surface area (Å²) in [6.07, 6.45) is 1.47. The molecule has 0 radical (unpaired) electrons. The summed E-state index contributed by atoms with van der Waals surface area (Å²) in [6.45, 7) is 2.10. The van der Waals surface area contributed by atoms with Crippen molar-refractivity contribution in [3.05, 3.63) is 30.3 Å². The van der Waals surface area contributed by atoms with Crippen molar-refractivity contribution in [2.45, 2.75) is 32.2 Å². The van der Waals surface area contributed by atoms with Gasteiger partial charge >= 0.3 is 5.97 Å². The van der Waals surface area contributed by atoms with Gasteiger partial charge in [0.05, 0.1) is 13.0 Å². The molecule has 1 rings (SSSR count). The number of carboxylic acid groups (broad SMARTS) is 1. The SMILES string of the molecule is CCCC(CC(=O)O)NC(=O)CNc1ccccc1. The Morgan fingerprint density at radius 2 is 1.95 bits per heavy atom. The third-order valence-electron chi connectivity index (χ3n) is 2.65. The van der Waals surface area contributed by atoms with Gasteiger partial charge in [0.15, 0.2) is 0 Å². The minimum absolute atomic E-state index is 0.0368. The lowest BCUT2D eigenvalue weighted by atomic mass is 10.1. The van der Waals surface area contributed by atoms with Crippen LogP contribution in [-0.2, 0) is 9.59 Å². The highest BCUT2D eigenvalue weighted by Gasteiger charge is 2.14. The number of rotatable bonds is 8. The van der Waals surface area contributed by atoms with Crippen molar-refractivity contribution >= 4 is 17.6 Å².